The molecule has 0 bridgehead atoms. The van der Waals surface area contributed by atoms with Gasteiger partial charge in [0.2, 0.25) is 5.16 Å². The van der Waals surface area contributed by atoms with Crippen LogP contribution in [0.4, 0.5) is 0 Å². The van der Waals surface area contributed by atoms with Gasteiger partial charge in [-0.15, -0.1) is 5.10 Å². The van der Waals surface area contributed by atoms with Crippen molar-refractivity contribution in [3.8, 4) is 11.8 Å². The van der Waals surface area contributed by atoms with E-state index in [9.17, 15) is 0 Å². The molecule has 1 heterocycles. The summed E-state index contributed by atoms with van der Waals surface area (Å²) in [6, 6.07) is 11.9. The van der Waals surface area contributed by atoms with E-state index < -0.39 is 0 Å². The molecular weight excluding hydrogens is 220 g/mol. The number of aromatic nitrogens is 3. The second-order valence-electron chi connectivity index (χ2n) is 3.20. The fourth-order valence-electron chi connectivity index (χ4n) is 1.19. The molecule has 16 heavy (non-hydrogen) atoms. The van der Waals surface area contributed by atoms with Gasteiger partial charge in [-0.3, -0.25) is 0 Å². The van der Waals surface area contributed by atoms with Gasteiger partial charge in [-0.1, -0.05) is 30.0 Å². The SMILES string of the molecule is C[C@H](C#N)Sc1ncn(-c2ccccc2)n1. The summed E-state index contributed by atoms with van der Waals surface area (Å²) in [6.07, 6.45) is 1.65. The Kier molecular flexibility index (Phi) is 3.22. The van der Waals surface area contributed by atoms with Crippen LogP contribution in [0, 0.1) is 11.3 Å². The number of rotatable bonds is 3. The number of benzene rings is 1. The number of nitriles is 1. The molecule has 0 saturated carbocycles. The van der Waals surface area contributed by atoms with Crippen LogP contribution >= 0.6 is 11.8 Å². The average Bonchev–Trinajstić information content (AvgIpc) is 2.78. The molecule has 0 amide bonds. The van der Waals surface area contributed by atoms with Crippen molar-refractivity contribution in [2.24, 2.45) is 0 Å². The van der Waals surface area contributed by atoms with Gasteiger partial charge in [-0.25, -0.2) is 9.67 Å². The Morgan fingerprint density at radius 1 is 1.38 bits per heavy atom. The van der Waals surface area contributed by atoms with E-state index in [1.54, 1.807) is 11.0 Å². The van der Waals surface area contributed by atoms with E-state index in [4.69, 9.17) is 5.26 Å². The number of thioether (sulfide) groups is 1. The molecule has 0 aliphatic rings. The fraction of sp³-hybridized carbons (Fsp3) is 0.182. The monoisotopic (exact) mass is 230 g/mol. The van der Waals surface area contributed by atoms with Gasteiger partial charge in [-0.2, -0.15) is 5.26 Å². The zero-order chi connectivity index (χ0) is 11.4. The van der Waals surface area contributed by atoms with Gasteiger partial charge < -0.3 is 0 Å². The van der Waals surface area contributed by atoms with E-state index >= 15 is 0 Å². The first-order valence-electron chi connectivity index (χ1n) is 4.83. The standard InChI is InChI=1S/C11H10N4S/c1-9(7-12)16-11-13-8-15(14-11)10-5-3-2-4-6-10/h2-6,8-9H,1H3/t9-/m1/s1. The molecular formula is C11H10N4S. The van der Waals surface area contributed by atoms with Crippen molar-refractivity contribution in [1.82, 2.24) is 14.8 Å². The Morgan fingerprint density at radius 2 is 2.12 bits per heavy atom. The van der Waals surface area contributed by atoms with E-state index in [0.29, 0.717) is 5.16 Å². The second kappa shape index (κ2) is 4.81. The van der Waals surface area contributed by atoms with E-state index in [2.05, 4.69) is 16.2 Å². The lowest BCUT2D eigenvalue weighted by Crippen LogP contribution is -1.95. The molecule has 0 N–H and O–H groups in total. The summed E-state index contributed by atoms with van der Waals surface area (Å²) in [5.74, 6) is 0. The zero-order valence-electron chi connectivity index (χ0n) is 8.74. The lowest BCUT2D eigenvalue weighted by molar-refractivity contribution is 0.834. The highest BCUT2D eigenvalue weighted by molar-refractivity contribution is 7.99. The van der Waals surface area contributed by atoms with Crippen molar-refractivity contribution in [3.05, 3.63) is 36.7 Å². The van der Waals surface area contributed by atoms with Gasteiger partial charge in [0.25, 0.3) is 0 Å². The van der Waals surface area contributed by atoms with Crippen LogP contribution in [0.2, 0.25) is 0 Å². The zero-order valence-corrected chi connectivity index (χ0v) is 9.56. The minimum Gasteiger partial charge on any atom is -0.220 e. The predicted octanol–water partition coefficient (Wildman–Crippen LogP) is 2.27. The third kappa shape index (κ3) is 2.41. The normalized spacial score (nSPS) is 12.0. The van der Waals surface area contributed by atoms with Crippen LogP contribution in [0.3, 0.4) is 0 Å². The van der Waals surface area contributed by atoms with Gasteiger partial charge in [0.15, 0.2) is 0 Å². The molecule has 1 atom stereocenters. The third-order valence-electron chi connectivity index (χ3n) is 1.96. The molecule has 1 aromatic heterocycles. The summed E-state index contributed by atoms with van der Waals surface area (Å²) in [5.41, 5.74) is 0.964. The fourth-order valence-corrected chi connectivity index (χ4v) is 1.80. The lowest BCUT2D eigenvalue weighted by atomic mass is 10.3. The Hall–Kier alpha value is -1.80. The Balaban J connectivity index is 2.18. The molecule has 5 heteroatoms. The molecule has 0 unspecified atom stereocenters. The summed E-state index contributed by atoms with van der Waals surface area (Å²) < 4.78 is 1.70. The second-order valence-corrected chi connectivity index (χ2v) is 4.50. The summed E-state index contributed by atoms with van der Waals surface area (Å²) in [5, 5.41) is 13.5. The highest BCUT2D eigenvalue weighted by atomic mass is 32.2. The van der Waals surface area contributed by atoms with Crippen LogP contribution in [-0.2, 0) is 0 Å². The van der Waals surface area contributed by atoms with Crippen molar-refractivity contribution < 1.29 is 0 Å². The minimum absolute atomic E-state index is 0.133. The maximum Gasteiger partial charge on any atom is 0.210 e. The van der Waals surface area contributed by atoms with Gasteiger partial charge in [0.1, 0.15) is 6.33 Å². The highest BCUT2D eigenvalue weighted by Crippen LogP contribution is 2.18. The van der Waals surface area contributed by atoms with Gasteiger partial charge in [-0.05, 0) is 19.1 Å². The summed E-state index contributed by atoms with van der Waals surface area (Å²) in [7, 11) is 0. The summed E-state index contributed by atoms with van der Waals surface area (Å²) >= 11 is 1.35. The van der Waals surface area contributed by atoms with Crippen molar-refractivity contribution in [2.75, 3.05) is 0 Å². The molecule has 2 aromatic rings. The first kappa shape index (κ1) is 10.7. The third-order valence-corrected chi connectivity index (χ3v) is 2.81. The Labute approximate surface area is 97.9 Å². The van der Waals surface area contributed by atoms with Crippen LogP contribution in [0.25, 0.3) is 5.69 Å². The van der Waals surface area contributed by atoms with E-state index in [1.807, 2.05) is 37.3 Å². The van der Waals surface area contributed by atoms with Crippen LogP contribution in [0.15, 0.2) is 41.8 Å². The molecule has 0 aliphatic carbocycles. The van der Waals surface area contributed by atoms with Gasteiger partial charge >= 0.3 is 0 Å². The Bertz CT molecular complexity index is 500. The maximum atomic E-state index is 8.69. The van der Waals surface area contributed by atoms with Crippen molar-refractivity contribution in [3.63, 3.8) is 0 Å². The topological polar surface area (TPSA) is 54.5 Å². The first-order valence-corrected chi connectivity index (χ1v) is 5.71. The molecule has 2 rings (SSSR count). The van der Waals surface area contributed by atoms with Crippen LogP contribution in [-0.4, -0.2) is 20.0 Å². The summed E-state index contributed by atoms with van der Waals surface area (Å²) in [4.78, 5) is 4.14. The number of hydrogen-bond donors (Lipinski definition) is 0. The molecule has 4 nitrogen and oxygen atoms in total. The lowest BCUT2D eigenvalue weighted by Gasteiger charge is -1.98. The smallest absolute Gasteiger partial charge is 0.210 e. The van der Waals surface area contributed by atoms with Gasteiger partial charge in [0, 0.05) is 0 Å². The first-order chi connectivity index (χ1) is 7.79. The molecule has 0 saturated heterocycles. The molecule has 1 aromatic carbocycles. The average molecular weight is 230 g/mol. The van der Waals surface area contributed by atoms with Gasteiger partial charge in [0.05, 0.1) is 17.0 Å². The van der Waals surface area contributed by atoms with Crippen molar-refractivity contribution in [1.29, 1.82) is 5.26 Å². The van der Waals surface area contributed by atoms with Crippen LogP contribution in [0.5, 0.6) is 0 Å². The number of hydrogen-bond acceptors (Lipinski definition) is 4. The van der Waals surface area contributed by atoms with Crippen LogP contribution < -0.4 is 0 Å². The van der Waals surface area contributed by atoms with Crippen LogP contribution in [0.1, 0.15) is 6.92 Å². The number of nitrogens with zero attached hydrogens (tertiary/aromatic N) is 4. The quantitative estimate of drug-likeness (QED) is 0.759. The predicted molar refractivity (Wildman–Crippen MR) is 62.3 cm³/mol. The largest absolute Gasteiger partial charge is 0.220 e. The van der Waals surface area contributed by atoms with E-state index in [0.717, 1.165) is 5.69 Å². The highest BCUT2D eigenvalue weighted by Gasteiger charge is 2.07. The molecule has 0 fully saturated rings. The molecule has 80 valence electrons. The summed E-state index contributed by atoms with van der Waals surface area (Å²) in [6.45, 7) is 1.83. The molecule has 0 radical (unpaired) electrons. The van der Waals surface area contributed by atoms with E-state index in [-0.39, 0.29) is 5.25 Å². The molecule has 0 aliphatic heterocycles. The maximum absolute atomic E-state index is 8.69. The van der Waals surface area contributed by atoms with Crippen molar-refractivity contribution >= 4 is 11.8 Å². The van der Waals surface area contributed by atoms with E-state index in [1.165, 1.54) is 11.8 Å². The number of para-hydroxylation sites is 1. The minimum atomic E-state index is -0.133. The van der Waals surface area contributed by atoms with Crippen molar-refractivity contribution in [2.45, 2.75) is 17.3 Å². The Morgan fingerprint density at radius 3 is 2.81 bits per heavy atom. The molecule has 0 spiro atoms.